The Labute approximate surface area is 166 Å². The van der Waals surface area contributed by atoms with E-state index in [9.17, 15) is 9.90 Å². The van der Waals surface area contributed by atoms with Gasteiger partial charge in [0, 0.05) is 5.69 Å². The zero-order valence-electron chi connectivity index (χ0n) is 16.9. The lowest BCUT2D eigenvalue weighted by molar-refractivity contribution is 0.0696. The molecular weight excluding hydrogens is 350 g/mol. The van der Waals surface area contributed by atoms with Crippen LogP contribution in [0.15, 0.2) is 36.4 Å². The van der Waals surface area contributed by atoms with Crippen molar-refractivity contribution in [3.8, 4) is 5.75 Å². The Bertz CT molecular complexity index is 889. The first kappa shape index (κ1) is 18.9. The number of hydrogen-bond donors (Lipinski definition) is 2. The Kier molecular flexibility index (Phi) is 5.05. The van der Waals surface area contributed by atoms with Gasteiger partial charge in [-0.05, 0) is 84.5 Å². The fraction of sp³-hybridized carbons (Fsp3) is 0.458. The van der Waals surface area contributed by atoms with Crippen LogP contribution >= 0.6 is 0 Å². The number of fused-ring (bicyclic) bond motifs is 3. The molecule has 2 aromatic rings. The molecule has 4 heteroatoms. The average Bonchev–Trinajstić information content (AvgIpc) is 3.16. The first-order valence-electron chi connectivity index (χ1n) is 10.3. The molecule has 4 nitrogen and oxygen atoms in total. The minimum atomic E-state index is -0.871. The number of carboxylic acids is 1. The zero-order chi connectivity index (χ0) is 19.8. The van der Waals surface area contributed by atoms with Crippen LogP contribution in [0.4, 0.5) is 5.69 Å². The van der Waals surface area contributed by atoms with Crippen molar-refractivity contribution in [2.75, 3.05) is 11.9 Å². The van der Waals surface area contributed by atoms with Crippen molar-refractivity contribution < 1.29 is 14.6 Å². The molecule has 0 radical (unpaired) electrons. The SMILES string of the molecule is Cc1cc(C(=O)O)ccc1[C@H]1Nc2ccc(OCC(C)C)cc2[C@@H]2CCC[C@H]12. The van der Waals surface area contributed by atoms with Crippen LogP contribution in [0.5, 0.6) is 5.75 Å². The predicted molar refractivity (Wildman–Crippen MR) is 111 cm³/mol. The second kappa shape index (κ2) is 7.50. The van der Waals surface area contributed by atoms with Crippen molar-refractivity contribution in [2.24, 2.45) is 11.8 Å². The fourth-order valence-electron chi connectivity index (χ4n) is 4.85. The van der Waals surface area contributed by atoms with Crippen LogP contribution in [0.2, 0.25) is 0 Å². The minimum Gasteiger partial charge on any atom is -0.493 e. The highest BCUT2D eigenvalue weighted by molar-refractivity contribution is 5.88. The molecule has 148 valence electrons. The summed E-state index contributed by atoms with van der Waals surface area (Å²) in [6.07, 6.45) is 3.63. The highest BCUT2D eigenvalue weighted by Crippen LogP contribution is 2.53. The highest BCUT2D eigenvalue weighted by Gasteiger charge is 2.40. The molecule has 28 heavy (non-hydrogen) atoms. The lowest BCUT2D eigenvalue weighted by atomic mass is 9.76. The molecule has 2 aromatic carbocycles. The molecule has 3 atom stereocenters. The molecule has 1 aliphatic carbocycles. The van der Waals surface area contributed by atoms with Gasteiger partial charge in [0.25, 0.3) is 0 Å². The van der Waals surface area contributed by atoms with Gasteiger partial charge in [-0.1, -0.05) is 26.3 Å². The molecule has 2 N–H and O–H groups in total. The Morgan fingerprint density at radius 3 is 2.71 bits per heavy atom. The molecule has 0 unspecified atom stereocenters. The first-order chi connectivity index (χ1) is 13.4. The van der Waals surface area contributed by atoms with Crippen molar-refractivity contribution in [1.82, 2.24) is 0 Å². The van der Waals surface area contributed by atoms with Gasteiger partial charge in [0.1, 0.15) is 5.75 Å². The highest BCUT2D eigenvalue weighted by atomic mass is 16.5. The number of ether oxygens (including phenoxy) is 1. The van der Waals surface area contributed by atoms with Crippen molar-refractivity contribution in [3.63, 3.8) is 0 Å². The maximum Gasteiger partial charge on any atom is 0.335 e. The summed E-state index contributed by atoms with van der Waals surface area (Å²) in [5.41, 5.74) is 5.18. The summed E-state index contributed by atoms with van der Waals surface area (Å²) in [5, 5.41) is 13.0. The number of anilines is 1. The predicted octanol–water partition coefficient (Wildman–Crippen LogP) is 5.78. The van der Waals surface area contributed by atoms with Gasteiger partial charge in [-0.25, -0.2) is 4.79 Å². The number of nitrogens with one attached hydrogen (secondary N) is 1. The van der Waals surface area contributed by atoms with Gasteiger partial charge in [0.05, 0.1) is 18.2 Å². The molecule has 2 aliphatic rings. The van der Waals surface area contributed by atoms with E-state index in [4.69, 9.17) is 4.74 Å². The van der Waals surface area contributed by atoms with Crippen LogP contribution in [-0.2, 0) is 0 Å². The summed E-state index contributed by atoms with van der Waals surface area (Å²) in [5.74, 6) is 1.66. The van der Waals surface area contributed by atoms with Gasteiger partial charge in [0.15, 0.2) is 0 Å². The molecule has 1 saturated carbocycles. The maximum atomic E-state index is 11.3. The molecule has 0 amide bonds. The monoisotopic (exact) mass is 379 g/mol. The molecule has 1 heterocycles. The summed E-state index contributed by atoms with van der Waals surface area (Å²) in [4.78, 5) is 11.3. The van der Waals surface area contributed by atoms with Crippen LogP contribution in [-0.4, -0.2) is 17.7 Å². The second-order valence-corrected chi connectivity index (χ2v) is 8.65. The first-order valence-corrected chi connectivity index (χ1v) is 10.3. The van der Waals surface area contributed by atoms with E-state index in [2.05, 4.69) is 37.4 Å². The Morgan fingerprint density at radius 1 is 1.18 bits per heavy atom. The Balaban J connectivity index is 1.66. The largest absolute Gasteiger partial charge is 0.493 e. The second-order valence-electron chi connectivity index (χ2n) is 8.65. The van der Waals surface area contributed by atoms with E-state index < -0.39 is 5.97 Å². The molecule has 0 aromatic heterocycles. The van der Waals surface area contributed by atoms with Crippen LogP contribution in [0.25, 0.3) is 0 Å². The third-order valence-electron chi connectivity index (χ3n) is 6.17. The molecule has 0 bridgehead atoms. The quantitative estimate of drug-likeness (QED) is 0.691. The molecule has 1 aliphatic heterocycles. The van der Waals surface area contributed by atoms with Gasteiger partial charge < -0.3 is 15.2 Å². The van der Waals surface area contributed by atoms with E-state index in [1.807, 2.05) is 13.0 Å². The average molecular weight is 380 g/mol. The van der Waals surface area contributed by atoms with Gasteiger partial charge in [-0.15, -0.1) is 0 Å². The van der Waals surface area contributed by atoms with E-state index >= 15 is 0 Å². The third-order valence-corrected chi connectivity index (χ3v) is 6.17. The molecule has 1 fully saturated rings. The summed E-state index contributed by atoms with van der Waals surface area (Å²) in [6, 6.07) is 12.2. The third kappa shape index (κ3) is 3.48. The Morgan fingerprint density at radius 2 is 2.00 bits per heavy atom. The molecule has 0 spiro atoms. The number of aromatic carboxylic acids is 1. The minimum absolute atomic E-state index is 0.227. The van der Waals surface area contributed by atoms with E-state index in [1.54, 1.807) is 12.1 Å². The molecule has 4 rings (SSSR count). The summed E-state index contributed by atoms with van der Waals surface area (Å²) < 4.78 is 5.96. The van der Waals surface area contributed by atoms with Crippen molar-refractivity contribution in [3.05, 3.63) is 58.7 Å². The number of carboxylic acid groups (broad SMARTS) is 1. The lowest BCUT2D eigenvalue weighted by Crippen LogP contribution is -2.29. The van der Waals surface area contributed by atoms with Gasteiger partial charge in [0.2, 0.25) is 0 Å². The van der Waals surface area contributed by atoms with Crippen LogP contribution in [0, 0.1) is 18.8 Å². The van der Waals surface area contributed by atoms with Crippen LogP contribution in [0.3, 0.4) is 0 Å². The van der Waals surface area contributed by atoms with Crippen molar-refractivity contribution >= 4 is 11.7 Å². The molecule has 0 saturated heterocycles. The number of hydrogen-bond acceptors (Lipinski definition) is 3. The maximum absolute atomic E-state index is 11.3. The standard InChI is InChI=1S/C24H29NO3/c1-14(2)13-28-17-8-10-22-21(12-17)19-5-4-6-20(19)23(25-22)18-9-7-16(24(26)27)11-15(18)3/h7-12,14,19-20,23,25H,4-6,13H2,1-3H3,(H,26,27)/t19-,20+,23-/m1/s1. The number of carbonyl (C=O) groups is 1. The van der Waals surface area contributed by atoms with E-state index in [0.717, 1.165) is 17.9 Å². The summed E-state index contributed by atoms with van der Waals surface area (Å²) in [7, 11) is 0. The van der Waals surface area contributed by atoms with Crippen molar-refractivity contribution in [2.45, 2.75) is 52.0 Å². The number of rotatable bonds is 5. The van der Waals surface area contributed by atoms with E-state index in [-0.39, 0.29) is 6.04 Å². The van der Waals surface area contributed by atoms with Crippen LogP contribution in [0.1, 0.15) is 72.1 Å². The molecular formula is C24H29NO3. The van der Waals surface area contributed by atoms with Crippen LogP contribution < -0.4 is 10.1 Å². The summed E-state index contributed by atoms with van der Waals surface area (Å²) in [6.45, 7) is 7.08. The zero-order valence-corrected chi connectivity index (χ0v) is 16.9. The smallest absolute Gasteiger partial charge is 0.335 e. The normalized spacial score (nSPS) is 23.1. The van der Waals surface area contributed by atoms with Gasteiger partial charge in [-0.3, -0.25) is 0 Å². The Hall–Kier alpha value is -2.49. The number of aryl methyl sites for hydroxylation is 1. The van der Waals surface area contributed by atoms with E-state index in [1.165, 1.54) is 36.1 Å². The number of benzene rings is 2. The van der Waals surface area contributed by atoms with Gasteiger partial charge in [-0.2, -0.15) is 0 Å². The fourth-order valence-corrected chi connectivity index (χ4v) is 4.85. The lowest BCUT2D eigenvalue weighted by Gasteiger charge is -2.38. The van der Waals surface area contributed by atoms with Gasteiger partial charge >= 0.3 is 5.97 Å². The summed E-state index contributed by atoms with van der Waals surface area (Å²) >= 11 is 0. The topological polar surface area (TPSA) is 58.6 Å². The van der Waals surface area contributed by atoms with Crippen molar-refractivity contribution in [1.29, 1.82) is 0 Å². The van der Waals surface area contributed by atoms with E-state index in [0.29, 0.717) is 23.3 Å².